The van der Waals surface area contributed by atoms with Gasteiger partial charge in [-0.3, -0.25) is 9.59 Å². The summed E-state index contributed by atoms with van der Waals surface area (Å²) < 4.78 is 0. The zero-order chi connectivity index (χ0) is 22.4. The fourth-order valence-electron chi connectivity index (χ4n) is 2.90. The van der Waals surface area contributed by atoms with Crippen molar-refractivity contribution in [1.29, 1.82) is 0 Å². The van der Waals surface area contributed by atoms with Gasteiger partial charge >= 0.3 is 0 Å². The molecule has 30 heavy (non-hydrogen) atoms. The highest BCUT2D eigenvalue weighted by Gasteiger charge is 2.19. The fourth-order valence-corrected chi connectivity index (χ4v) is 2.90. The summed E-state index contributed by atoms with van der Waals surface area (Å²) in [6.45, 7) is 7.73. The monoisotopic (exact) mass is 408 g/mol. The van der Waals surface area contributed by atoms with Gasteiger partial charge in [-0.05, 0) is 75.9 Å². The van der Waals surface area contributed by atoms with Crippen LogP contribution in [-0.4, -0.2) is 26.9 Å². The van der Waals surface area contributed by atoms with E-state index in [1.165, 1.54) is 18.2 Å². The summed E-state index contributed by atoms with van der Waals surface area (Å²) in [6, 6.07) is 7.07. The van der Waals surface area contributed by atoms with E-state index in [0.717, 1.165) is 17.2 Å². The molecule has 5 heteroatoms. The molecule has 0 bridgehead atoms. The Morgan fingerprint density at radius 1 is 0.733 bits per heavy atom. The molecule has 0 unspecified atom stereocenters. The quantitative estimate of drug-likeness (QED) is 0.314. The van der Waals surface area contributed by atoms with Crippen molar-refractivity contribution in [1.82, 2.24) is 0 Å². The molecule has 3 N–H and O–H groups in total. The summed E-state index contributed by atoms with van der Waals surface area (Å²) in [5.41, 5.74) is 3.57. The average molecular weight is 408 g/mol. The topological polar surface area (TPSA) is 94.8 Å². The number of hydrogen-bond donors (Lipinski definition) is 3. The molecule has 0 radical (unpaired) electrons. The minimum Gasteiger partial charge on any atom is -0.508 e. The summed E-state index contributed by atoms with van der Waals surface area (Å²) in [6.07, 6.45) is 4.31. The standard InChI is InChI=1S/C25H28O5/c1-15(2)5-7-17-11-18(9-10-21(17)26)22(27)13-24(29)20-12-19(8-6-16(3)4)23(28)14-25(20)30/h5-6,9-12,14,26,28,30H,7-8,13H2,1-4H3. The minimum absolute atomic E-state index is 0.00171. The van der Waals surface area contributed by atoms with E-state index in [0.29, 0.717) is 29.5 Å². The SMILES string of the molecule is CC(C)=CCc1cc(C(=O)CC(=O)c2cc(CC=C(C)C)c(O)cc2O)ccc1O. The minimum atomic E-state index is -0.533. The van der Waals surface area contributed by atoms with Crippen LogP contribution in [0.3, 0.4) is 0 Å². The molecule has 0 saturated heterocycles. The Bertz CT molecular complexity index is 1020. The zero-order valence-corrected chi connectivity index (χ0v) is 17.8. The van der Waals surface area contributed by atoms with E-state index in [4.69, 9.17) is 0 Å². The molecule has 5 nitrogen and oxygen atoms in total. The van der Waals surface area contributed by atoms with Gasteiger partial charge in [0.05, 0.1) is 12.0 Å². The Hall–Kier alpha value is -3.34. The lowest BCUT2D eigenvalue weighted by atomic mass is 9.96. The molecule has 158 valence electrons. The highest BCUT2D eigenvalue weighted by molar-refractivity contribution is 6.14. The first-order valence-electron chi connectivity index (χ1n) is 9.78. The summed E-state index contributed by atoms with van der Waals surface area (Å²) in [7, 11) is 0. The second-order valence-corrected chi connectivity index (χ2v) is 7.84. The van der Waals surface area contributed by atoms with Crippen LogP contribution in [0.2, 0.25) is 0 Å². The van der Waals surface area contributed by atoms with Gasteiger partial charge < -0.3 is 15.3 Å². The van der Waals surface area contributed by atoms with Gasteiger partial charge in [0, 0.05) is 11.6 Å². The molecule has 0 aliphatic rings. The fraction of sp³-hybridized carbons (Fsp3) is 0.280. The van der Waals surface area contributed by atoms with E-state index in [1.807, 2.05) is 39.8 Å². The molecule has 2 aromatic rings. The van der Waals surface area contributed by atoms with E-state index in [-0.39, 0.29) is 22.8 Å². The lowest BCUT2D eigenvalue weighted by Crippen LogP contribution is -2.10. The van der Waals surface area contributed by atoms with Crippen molar-refractivity contribution in [2.45, 2.75) is 47.0 Å². The van der Waals surface area contributed by atoms with Crippen LogP contribution < -0.4 is 0 Å². The van der Waals surface area contributed by atoms with Crippen LogP contribution in [0.25, 0.3) is 0 Å². The molecular weight excluding hydrogens is 380 g/mol. The van der Waals surface area contributed by atoms with Gasteiger partial charge in [0.1, 0.15) is 17.2 Å². The highest BCUT2D eigenvalue weighted by Crippen LogP contribution is 2.30. The second kappa shape index (κ2) is 9.92. The number of Topliss-reactive ketones (excluding diaryl/α,β-unsaturated/α-hetero) is 2. The van der Waals surface area contributed by atoms with Crippen LogP contribution in [0.4, 0.5) is 0 Å². The maximum atomic E-state index is 12.7. The Kier molecular flexibility index (Phi) is 7.59. The normalized spacial score (nSPS) is 10.4. The smallest absolute Gasteiger partial charge is 0.174 e. The highest BCUT2D eigenvalue weighted by atomic mass is 16.3. The van der Waals surface area contributed by atoms with E-state index in [1.54, 1.807) is 6.07 Å². The largest absolute Gasteiger partial charge is 0.508 e. The maximum Gasteiger partial charge on any atom is 0.174 e. The maximum absolute atomic E-state index is 12.7. The van der Waals surface area contributed by atoms with Crippen molar-refractivity contribution >= 4 is 11.6 Å². The Labute approximate surface area is 177 Å². The van der Waals surface area contributed by atoms with Gasteiger partial charge in [-0.2, -0.15) is 0 Å². The van der Waals surface area contributed by atoms with Gasteiger partial charge in [0.25, 0.3) is 0 Å². The van der Waals surface area contributed by atoms with Gasteiger partial charge in [0.15, 0.2) is 11.6 Å². The van der Waals surface area contributed by atoms with E-state index in [9.17, 15) is 24.9 Å². The van der Waals surface area contributed by atoms with Crippen LogP contribution >= 0.6 is 0 Å². The molecule has 0 fully saturated rings. The number of phenols is 3. The predicted octanol–water partition coefficient (Wildman–Crippen LogP) is 5.28. The van der Waals surface area contributed by atoms with Crippen LogP contribution in [0, 0.1) is 0 Å². The number of benzene rings is 2. The molecule has 0 aliphatic carbocycles. The van der Waals surface area contributed by atoms with Crippen LogP contribution in [0.5, 0.6) is 17.2 Å². The molecule has 2 aromatic carbocycles. The number of hydrogen-bond acceptors (Lipinski definition) is 5. The molecule has 0 atom stereocenters. The average Bonchev–Trinajstić information content (AvgIpc) is 2.66. The zero-order valence-electron chi connectivity index (χ0n) is 17.8. The molecule has 0 aliphatic heterocycles. The number of carbonyl (C=O) groups is 2. The first kappa shape index (κ1) is 22.9. The van der Waals surface area contributed by atoms with Gasteiger partial charge in [-0.25, -0.2) is 0 Å². The van der Waals surface area contributed by atoms with E-state index >= 15 is 0 Å². The van der Waals surface area contributed by atoms with Crippen molar-refractivity contribution in [2.75, 3.05) is 0 Å². The number of ketones is 2. The molecular formula is C25H28O5. The number of aromatic hydroxyl groups is 3. The molecule has 0 amide bonds. The van der Waals surface area contributed by atoms with Gasteiger partial charge in [-0.1, -0.05) is 23.3 Å². The first-order valence-corrected chi connectivity index (χ1v) is 9.78. The van der Waals surface area contributed by atoms with E-state index in [2.05, 4.69) is 0 Å². The first-order chi connectivity index (χ1) is 14.1. The number of rotatable bonds is 8. The molecule has 2 rings (SSSR count). The molecule has 0 saturated carbocycles. The third kappa shape index (κ3) is 6.08. The van der Waals surface area contributed by atoms with Crippen LogP contribution in [-0.2, 0) is 12.8 Å². The Morgan fingerprint density at radius 3 is 1.87 bits per heavy atom. The van der Waals surface area contributed by atoms with Crippen molar-refractivity contribution in [3.8, 4) is 17.2 Å². The lowest BCUT2D eigenvalue weighted by Gasteiger charge is -2.09. The summed E-state index contributed by atoms with van der Waals surface area (Å²) in [5, 5.41) is 30.1. The number of carbonyl (C=O) groups excluding carboxylic acids is 2. The van der Waals surface area contributed by atoms with Crippen molar-refractivity contribution < 1.29 is 24.9 Å². The van der Waals surface area contributed by atoms with Crippen LogP contribution in [0.1, 0.15) is 66.0 Å². The molecule has 0 aromatic heterocycles. The molecule has 0 heterocycles. The van der Waals surface area contributed by atoms with Crippen molar-refractivity contribution in [3.05, 3.63) is 75.9 Å². The predicted molar refractivity (Wildman–Crippen MR) is 117 cm³/mol. The number of allylic oxidation sites excluding steroid dienone is 4. The number of phenolic OH excluding ortho intramolecular Hbond substituents is 3. The summed E-state index contributed by atoms with van der Waals surface area (Å²) >= 11 is 0. The third-order valence-corrected chi connectivity index (χ3v) is 4.68. The van der Waals surface area contributed by atoms with Gasteiger partial charge in [0.2, 0.25) is 0 Å². The summed E-state index contributed by atoms with van der Waals surface area (Å²) in [4.78, 5) is 25.3. The van der Waals surface area contributed by atoms with Crippen LogP contribution in [0.15, 0.2) is 53.6 Å². The lowest BCUT2D eigenvalue weighted by molar-refractivity contribution is 0.0893. The Balaban J connectivity index is 2.24. The second-order valence-electron chi connectivity index (χ2n) is 7.84. The van der Waals surface area contributed by atoms with Crippen molar-refractivity contribution in [2.24, 2.45) is 0 Å². The Morgan fingerprint density at radius 2 is 1.30 bits per heavy atom. The summed E-state index contributed by atoms with van der Waals surface area (Å²) in [5.74, 6) is -1.31. The van der Waals surface area contributed by atoms with Crippen molar-refractivity contribution in [3.63, 3.8) is 0 Å². The third-order valence-electron chi connectivity index (χ3n) is 4.68. The van der Waals surface area contributed by atoms with E-state index < -0.39 is 18.0 Å². The molecule has 0 spiro atoms. The van der Waals surface area contributed by atoms with Gasteiger partial charge in [-0.15, -0.1) is 0 Å².